The minimum Gasteiger partial charge on any atom is -0.495 e. The van der Waals surface area contributed by atoms with E-state index in [1.807, 2.05) is 0 Å². The highest BCUT2D eigenvalue weighted by Crippen LogP contribution is 2.33. The van der Waals surface area contributed by atoms with Gasteiger partial charge in [0.05, 0.1) is 19.0 Å². The SMILES string of the molecule is COc1ccc(NC(=O)c2cnc(C)[nH]2)cc1S(=O)(=O)N(CCCCCO)c1ccc(Br)cc1. The Morgan fingerprint density at radius 3 is 2.53 bits per heavy atom. The average Bonchev–Trinajstić information content (AvgIpc) is 3.26. The van der Waals surface area contributed by atoms with Crippen LogP contribution in [0, 0.1) is 6.92 Å². The zero-order valence-electron chi connectivity index (χ0n) is 18.9. The number of aliphatic hydroxyl groups is 1. The molecule has 0 saturated heterocycles. The van der Waals surface area contributed by atoms with Crippen molar-refractivity contribution in [3.63, 3.8) is 0 Å². The Balaban J connectivity index is 1.97. The molecule has 2 aromatic carbocycles. The standard InChI is InChI=1S/C23H27BrN4O5S/c1-16-25-15-20(26-16)23(30)27-18-8-11-21(33-2)22(14-18)34(31,32)28(12-4-3-5-13-29)19-9-6-17(24)7-10-19/h6-11,14-15,29H,3-5,12-13H2,1-2H3,(H,25,26)(H,27,30). The first-order valence-electron chi connectivity index (χ1n) is 10.7. The number of aromatic amines is 1. The number of aliphatic hydroxyl groups excluding tert-OH is 1. The molecule has 11 heteroatoms. The van der Waals surface area contributed by atoms with Gasteiger partial charge in [-0.3, -0.25) is 9.10 Å². The van der Waals surface area contributed by atoms with Gasteiger partial charge in [-0.15, -0.1) is 0 Å². The van der Waals surface area contributed by atoms with Crippen LogP contribution in [0.25, 0.3) is 0 Å². The number of ether oxygens (including phenoxy) is 1. The highest BCUT2D eigenvalue weighted by molar-refractivity contribution is 9.10. The fraction of sp³-hybridized carbons (Fsp3) is 0.304. The molecule has 0 aliphatic carbocycles. The predicted octanol–water partition coefficient (Wildman–Crippen LogP) is 4.10. The van der Waals surface area contributed by atoms with E-state index in [4.69, 9.17) is 9.84 Å². The molecule has 34 heavy (non-hydrogen) atoms. The third-order valence-electron chi connectivity index (χ3n) is 5.07. The maximum absolute atomic E-state index is 13.8. The first-order valence-corrected chi connectivity index (χ1v) is 12.9. The number of rotatable bonds is 11. The normalized spacial score (nSPS) is 11.3. The Kier molecular flexibility index (Phi) is 8.70. The van der Waals surface area contributed by atoms with Crippen molar-refractivity contribution in [3.05, 3.63) is 64.7 Å². The van der Waals surface area contributed by atoms with E-state index in [-0.39, 0.29) is 29.5 Å². The number of hydrogen-bond donors (Lipinski definition) is 3. The second-order valence-corrected chi connectivity index (χ2v) is 10.3. The van der Waals surface area contributed by atoms with Crippen LogP contribution in [-0.4, -0.2) is 49.7 Å². The molecule has 1 aromatic heterocycles. The first-order chi connectivity index (χ1) is 16.3. The van der Waals surface area contributed by atoms with Crippen LogP contribution < -0.4 is 14.4 Å². The number of aryl methyl sites for hydroxylation is 1. The zero-order chi connectivity index (χ0) is 24.7. The number of nitrogens with one attached hydrogen (secondary N) is 2. The number of aromatic nitrogens is 2. The molecule has 3 rings (SSSR count). The van der Waals surface area contributed by atoms with E-state index in [2.05, 4.69) is 31.2 Å². The molecule has 0 aliphatic rings. The van der Waals surface area contributed by atoms with Gasteiger partial charge in [0.25, 0.3) is 15.9 Å². The molecule has 0 bridgehead atoms. The van der Waals surface area contributed by atoms with Crippen molar-refractivity contribution >= 4 is 43.2 Å². The molecule has 0 atom stereocenters. The molecule has 0 saturated carbocycles. The van der Waals surface area contributed by atoms with Gasteiger partial charge in [0.1, 0.15) is 22.2 Å². The number of methoxy groups -OCH3 is 1. The number of carbonyl (C=O) groups excluding carboxylic acids is 1. The van der Waals surface area contributed by atoms with Crippen LogP contribution in [0.3, 0.4) is 0 Å². The summed E-state index contributed by atoms with van der Waals surface area (Å²) in [7, 11) is -2.66. The Bertz CT molecular complexity index is 1230. The third kappa shape index (κ3) is 6.16. The van der Waals surface area contributed by atoms with Gasteiger partial charge < -0.3 is 20.1 Å². The van der Waals surface area contributed by atoms with Crippen molar-refractivity contribution in [1.29, 1.82) is 0 Å². The highest BCUT2D eigenvalue weighted by Gasteiger charge is 2.29. The third-order valence-corrected chi connectivity index (χ3v) is 7.45. The lowest BCUT2D eigenvalue weighted by Crippen LogP contribution is -2.32. The van der Waals surface area contributed by atoms with Gasteiger partial charge in [0, 0.05) is 23.3 Å². The highest BCUT2D eigenvalue weighted by atomic mass is 79.9. The van der Waals surface area contributed by atoms with Gasteiger partial charge in [0.15, 0.2) is 0 Å². The summed E-state index contributed by atoms with van der Waals surface area (Å²) in [5.41, 5.74) is 1.06. The largest absolute Gasteiger partial charge is 0.495 e. The van der Waals surface area contributed by atoms with Crippen molar-refractivity contribution < 1.29 is 23.1 Å². The number of unbranched alkanes of at least 4 members (excludes halogenated alkanes) is 2. The molecule has 0 fully saturated rings. The molecule has 3 N–H and O–H groups in total. The predicted molar refractivity (Wildman–Crippen MR) is 134 cm³/mol. The molecule has 3 aromatic rings. The number of imidazole rings is 1. The van der Waals surface area contributed by atoms with Gasteiger partial charge >= 0.3 is 0 Å². The van der Waals surface area contributed by atoms with Crippen molar-refractivity contribution in [3.8, 4) is 5.75 Å². The summed E-state index contributed by atoms with van der Waals surface area (Å²) >= 11 is 3.38. The van der Waals surface area contributed by atoms with E-state index in [9.17, 15) is 13.2 Å². The van der Waals surface area contributed by atoms with Gasteiger partial charge in [-0.25, -0.2) is 13.4 Å². The van der Waals surface area contributed by atoms with E-state index >= 15 is 0 Å². The summed E-state index contributed by atoms with van der Waals surface area (Å²) in [6.07, 6.45) is 3.24. The fourth-order valence-electron chi connectivity index (χ4n) is 3.35. The smallest absolute Gasteiger partial charge is 0.273 e. The molecular weight excluding hydrogens is 524 g/mol. The number of carbonyl (C=O) groups is 1. The summed E-state index contributed by atoms with van der Waals surface area (Å²) in [5.74, 6) is 0.310. The summed E-state index contributed by atoms with van der Waals surface area (Å²) in [6, 6.07) is 11.4. The van der Waals surface area contributed by atoms with Crippen molar-refractivity contribution in [2.45, 2.75) is 31.1 Å². The lowest BCUT2D eigenvalue weighted by Gasteiger charge is -2.26. The number of sulfonamides is 1. The Labute approximate surface area is 207 Å². The second kappa shape index (κ2) is 11.5. The lowest BCUT2D eigenvalue weighted by atomic mass is 10.2. The molecule has 0 spiro atoms. The quantitative estimate of drug-likeness (QED) is 0.308. The number of amides is 1. The molecule has 0 unspecified atom stereocenters. The monoisotopic (exact) mass is 550 g/mol. The fourth-order valence-corrected chi connectivity index (χ4v) is 5.30. The summed E-state index contributed by atoms with van der Waals surface area (Å²) < 4.78 is 35.2. The van der Waals surface area contributed by atoms with Crippen molar-refractivity contribution in [2.75, 3.05) is 29.9 Å². The van der Waals surface area contributed by atoms with Crippen molar-refractivity contribution in [1.82, 2.24) is 9.97 Å². The van der Waals surface area contributed by atoms with Crippen LogP contribution in [-0.2, 0) is 10.0 Å². The summed E-state index contributed by atoms with van der Waals surface area (Å²) in [5, 5.41) is 11.8. The van der Waals surface area contributed by atoms with Crippen LogP contribution in [0.5, 0.6) is 5.75 Å². The summed E-state index contributed by atoms with van der Waals surface area (Å²) in [4.78, 5) is 19.3. The number of benzene rings is 2. The molecule has 182 valence electrons. The molecule has 1 amide bonds. The van der Waals surface area contributed by atoms with Gasteiger partial charge in [0.2, 0.25) is 0 Å². The van der Waals surface area contributed by atoms with E-state index in [0.717, 1.165) is 4.47 Å². The molecule has 1 heterocycles. The minimum atomic E-state index is -4.06. The van der Waals surface area contributed by atoms with E-state index in [1.165, 1.54) is 29.7 Å². The molecule has 0 radical (unpaired) electrons. The number of hydrogen-bond acceptors (Lipinski definition) is 6. The number of nitrogens with zero attached hydrogens (tertiary/aromatic N) is 2. The van der Waals surface area contributed by atoms with Gasteiger partial charge in [-0.05, 0) is 68.7 Å². The average molecular weight is 551 g/mol. The van der Waals surface area contributed by atoms with E-state index in [0.29, 0.717) is 36.5 Å². The van der Waals surface area contributed by atoms with Crippen LogP contribution in [0.2, 0.25) is 0 Å². The molecule has 9 nitrogen and oxygen atoms in total. The number of anilines is 2. The van der Waals surface area contributed by atoms with Gasteiger partial charge in [-0.2, -0.15) is 0 Å². The second-order valence-electron chi connectivity index (χ2n) is 7.54. The zero-order valence-corrected chi connectivity index (χ0v) is 21.3. The number of halogens is 1. The van der Waals surface area contributed by atoms with E-state index in [1.54, 1.807) is 37.3 Å². The lowest BCUT2D eigenvalue weighted by molar-refractivity contribution is 0.102. The number of H-pyrrole nitrogens is 1. The minimum absolute atomic E-state index is 0.0520. The summed E-state index contributed by atoms with van der Waals surface area (Å²) in [6.45, 7) is 2.00. The van der Waals surface area contributed by atoms with Gasteiger partial charge in [-0.1, -0.05) is 15.9 Å². The molecular formula is C23H27BrN4O5S. The van der Waals surface area contributed by atoms with Crippen LogP contribution >= 0.6 is 15.9 Å². The Hall–Kier alpha value is -2.89. The van der Waals surface area contributed by atoms with Crippen molar-refractivity contribution in [2.24, 2.45) is 0 Å². The van der Waals surface area contributed by atoms with Crippen LogP contribution in [0.4, 0.5) is 11.4 Å². The maximum atomic E-state index is 13.8. The van der Waals surface area contributed by atoms with Crippen LogP contribution in [0.15, 0.2) is 58.0 Å². The first kappa shape index (κ1) is 25.7. The Morgan fingerprint density at radius 2 is 1.91 bits per heavy atom. The van der Waals surface area contributed by atoms with E-state index < -0.39 is 15.9 Å². The molecule has 0 aliphatic heterocycles. The van der Waals surface area contributed by atoms with Crippen LogP contribution in [0.1, 0.15) is 35.6 Å². The Morgan fingerprint density at radius 1 is 1.18 bits per heavy atom. The topological polar surface area (TPSA) is 125 Å². The maximum Gasteiger partial charge on any atom is 0.273 e.